The van der Waals surface area contributed by atoms with Gasteiger partial charge in [0.05, 0.1) is 11.9 Å². The molecule has 0 aromatic carbocycles. The zero-order valence-corrected chi connectivity index (χ0v) is 12.1. The van der Waals surface area contributed by atoms with Crippen molar-refractivity contribution < 1.29 is 4.79 Å². The van der Waals surface area contributed by atoms with Crippen LogP contribution in [0.25, 0.3) is 0 Å². The Morgan fingerprint density at radius 3 is 2.70 bits per heavy atom. The molecule has 1 aromatic rings. The zero-order valence-electron chi connectivity index (χ0n) is 12.1. The van der Waals surface area contributed by atoms with Crippen LogP contribution in [-0.4, -0.2) is 71.7 Å². The van der Waals surface area contributed by atoms with Crippen LogP contribution >= 0.6 is 0 Å². The topological polar surface area (TPSA) is 90.3 Å². The molecule has 2 heterocycles. The highest BCUT2D eigenvalue weighted by Crippen LogP contribution is 2.05. The van der Waals surface area contributed by atoms with Crippen molar-refractivity contribution in [3.63, 3.8) is 0 Å². The first-order valence-corrected chi connectivity index (χ1v) is 7.22. The molecule has 1 aliphatic heterocycles. The van der Waals surface area contributed by atoms with Gasteiger partial charge in [-0.05, 0) is 19.5 Å². The molecule has 20 heavy (non-hydrogen) atoms. The van der Waals surface area contributed by atoms with Gasteiger partial charge in [-0.2, -0.15) is 5.10 Å². The fourth-order valence-electron chi connectivity index (χ4n) is 2.40. The first-order chi connectivity index (χ1) is 9.70. The number of amides is 1. The number of anilines is 1. The Morgan fingerprint density at radius 1 is 1.40 bits per heavy atom. The second kappa shape index (κ2) is 7.25. The van der Waals surface area contributed by atoms with E-state index in [9.17, 15) is 4.79 Å². The normalized spacial score (nSPS) is 17.2. The highest BCUT2D eigenvalue weighted by atomic mass is 16.1. The van der Waals surface area contributed by atoms with Gasteiger partial charge in [0.2, 0.25) is 0 Å². The summed E-state index contributed by atoms with van der Waals surface area (Å²) < 4.78 is 0. The summed E-state index contributed by atoms with van der Waals surface area (Å²) in [6.45, 7) is 9.55. The number of nitrogens with zero attached hydrogens (tertiary/aromatic N) is 3. The highest BCUT2D eigenvalue weighted by Gasteiger charge is 2.15. The number of H-pyrrole nitrogens is 1. The number of nitrogens with two attached hydrogens (primary N) is 1. The van der Waals surface area contributed by atoms with Gasteiger partial charge in [-0.1, -0.05) is 6.92 Å². The van der Waals surface area contributed by atoms with Gasteiger partial charge in [0, 0.05) is 32.7 Å². The number of hydrogen-bond acceptors (Lipinski definition) is 5. The van der Waals surface area contributed by atoms with Crippen molar-refractivity contribution in [1.82, 2.24) is 25.3 Å². The monoisotopic (exact) mass is 280 g/mol. The van der Waals surface area contributed by atoms with Crippen molar-refractivity contribution in [3.8, 4) is 0 Å². The molecule has 0 aliphatic carbocycles. The van der Waals surface area contributed by atoms with E-state index in [2.05, 4.69) is 32.2 Å². The van der Waals surface area contributed by atoms with E-state index < -0.39 is 0 Å². The third kappa shape index (κ3) is 3.94. The molecule has 1 amide bonds. The average molecular weight is 280 g/mol. The summed E-state index contributed by atoms with van der Waals surface area (Å²) in [7, 11) is 0. The number of hydrogen-bond donors (Lipinski definition) is 3. The van der Waals surface area contributed by atoms with Crippen LogP contribution in [0.4, 0.5) is 5.69 Å². The summed E-state index contributed by atoms with van der Waals surface area (Å²) in [5.41, 5.74) is 6.36. The lowest BCUT2D eigenvalue weighted by Gasteiger charge is -2.33. The van der Waals surface area contributed by atoms with Crippen molar-refractivity contribution in [2.24, 2.45) is 0 Å². The number of carbonyl (C=O) groups is 1. The number of likely N-dealkylation sites (N-methyl/N-ethyl adjacent to an activating group) is 1. The highest BCUT2D eigenvalue weighted by molar-refractivity contribution is 5.96. The molecule has 0 unspecified atom stereocenters. The number of aromatic amines is 1. The molecule has 0 saturated carbocycles. The number of nitrogens with one attached hydrogen (secondary N) is 2. The van der Waals surface area contributed by atoms with Gasteiger partial charge in [0.1, 0.15) is 5.69 Å². The molecule has 1 saturated heterocycles. The van der Waals surface area contributed by atoms with Crippen molar-refractivity contribution in [1.29, 1.82) is 0 Å². The maximum atomic E-state index is 11.8. The van der Waals surface area contributed by atoms with Crippen LogP contribution in [0.2, 0.25) is 0 Å². The van der Waals surface area contributed by atoms with E-state index in [0.29, 0.717) is 17.9 Å². The minimum absolute atomic E-state index is 0.184. The maximum absolute atomic E-state index is 11.8. The van der Waals surface area contributed by atoms with Crippen molar-refractivity contribution in [2.45, 2.75) is 13.3 Å². The van der Waals surface area contributed by atoms with Gasteiger partial charge < -0.3 is 20.9 Å². The predicted octanol–water partition coefficient (Wildman–Crippen LogP) is -0.251. The first-order valence-electron chi connectivity index (χ1n) is 7.22. The SMILES string of the molecule is CCN1CCN(CCCNC(=O)c2[nH]ncc2N)CC1. The van der Waals surface area contributed by atoms with E-state index >= 15 is 0 Å². The largest absolute Gasteiger partial charge is 0.396 e. The summed E-state index contributed by atoms with van der Waals surface area (Å²) in [5, 5.41) is 9.20. The molecular weight excluding hydrogens is 256 g/mol. The van der Waals surface area contributed by atoms with E-state index in [1.807, 2.05) is 0 Å². The second-order valence-corrected chi connectivity index (χ2v) is 5.09. The summed E-state index contributed by atoms with van der Waals surface area (Å²) in [5.74, 6) is -0.184. The molecule has 1 aromatic heterocycles. The summed E-state index contributed by atoms with van der Waals surface area (Å²) in [6.07, 6.45) is 2.40. The number of carbonyl (C=O) groups excluding carboxylic acids is 1. The molecule has 4 N–H and O–H groups in total. The minimum Gasteiger partial charge on any atom is -0.396 e. The minimum atomic E-state index is -0.184. The molecular formula is C13H24N6O. The quantitative estimate of drug-likeness (QED) is 0.625. The molecule has 0 radical (unpaired) electrons. The lowest BCUT2D eigenvalue weighted by Crippen LogP contribution is -2.46. The molecule has 0 spiro atoms. The number of rotatable bonds is 6. The Hall–Kier alpha value is -1.60. The van der Waals surface area contributed by atoms with Crippen LogP contribution in [0.1, 0.15) is 23.8 Å². The lowest BCUT2D eigenvalue weighted by atomic mass is 10.3. The second-order valence-electron chi connectivity index (χ2n) is 5.09. The molecule has 7 heteroatoms. The Balaban J connectivity index is 1.60. The summed E-state index contributed by atoms with van der Waals surface area (Å²) in [6, 6.07) is 0. The molecule has 0 bridgehead atoms. The van der Waals surface area contributed by atoms with E-state index in [1.54, 1.807) is 0 Å². The third-order valence-corrected chi connectivity index (χ3v) is 3.74. The Morgan fingerprint density at radius 2 is 2.10 bits per heavy atom. The van der Waals surface area contributed by atoms with E-state index in [4.69, 9.17) is 5.73 Å². The standard InChI is InChI=1S/C13H24N6O/c1-2-18-6-8-19(9-7-18)5-3-4-15-13(20)12-11(14)10-16-17-12/h10H,2-9,14H2,1H3,(H,15,20)(H,16,17). The number of aromatic nitrogens is 2. The Bertz CT molecular complexity index is 424. The predicted molar refractivity (Wildman–Crippen MR) is 78.5 cm³/mol. The molecule has 2 rings (SSSR count). The van der Waals surface area contributed by atoms with Crippen LogP contribution in [0, 0.1) is 0 Å². The van der Waals surface area contributed by atoms with Gasteiger partial charge >= 0.3 is 0 Å². The Kier molecular flexibility index (Phi) is 5.37. The van der Waals surface area contributed by atoms with Crippen molar-refractivity contribution >= 4 is 11.6 Å². The first kappa shape index (κ1) is 14.8. The fourth-order valence-corrected chi connectivity index (χ4v) is 2.40. The molecule has 112 valence electrons. The zero-order chi connectivity index (χ0) is 14.4. The van der Waals surface area contributed by atoms with E-state index in [1.165, 1.54) is 6.20 Å². The van der Waals surface area contributed by atoms with Crippen LogP contribution < -0.4 is 11.1 Å². The van der Waals surface area contributed by atoms with Crippen molar-refractivity contribution in [2.75, 3.05) is 51.5 Å². The summed E-state index contributed by atoms with van der Waals surface area (Å²) >= 11 is 0. The van der Waals surface area contributed by atoms with Gasteiger partial charge in [-0.3, -0.25) is 9.89 Å². The third-order valence-electron chi connectivity index (χ3n) is 3.74. The van der Waals surface area contributed by atoms with Gasteiger partial charge in [-0.25, -0.2) is 0 Å². The molecule has 0 atom stereocenters. The lowest BCUT2D eigenvalue weighted by molar-refractivity contribution is 0.0944. The molecule has 1 aliphatic rings. The fraction of sp³-hybridized carbons (Fsp3) is 0.692. The molecule has 1 fully saturated rings. The molecule has 7 nitrogen and oxygen atoms in total. The number of piperazine rings is 1. The van der Waals surface area contributed by atoms with Crippen LogP contribution in [0.5, 0.6) is 0 Å². The Labute approximate surface area is 119 Å². The van der Waals surface area contributed by atoms with Gasteiger partial charge in [0.15, 0.2) is 0 Å². The van der Waals surface area contributed by atoms with Crippen LogP contribution in [-0.2, 0) is 0 Å². The van der Waals surface area contributed by atoms with Crippen molar-refractivity contribution in [3.05, 3.63) is 11.9 Å². The number of nitrogen functional groups attached to an aromatic ring is 1. The summed E-state index contributed by atoms with van der Waals surface area (Å²) in [4.78, 5) is 16.7. The van der Waals surface area contributed by atoms with Crippen LogP contribution in [0.3, 0.4) is 0 Å². The van der Waals surface area contributed by atoms with Gasteiger partial charge in [-0.15, -0.1) is 0 Å². The maximum Gasteiger partial charge on any atom is 0.271 e. The van der Waals surface area contributed by atoms with Gasteiger partial charge in [0.25, 0.3) is 5.91 Å². The van der Waals surface area contributed by atoms with E-state index in [0.717, 1.165) is 45.7 Å². The average Bonchev–Trinajstić information content (AvgIpc) is 2.90. The van der Waals surface area contributed by atoms with E-state index in [-0.39, 0.29) is 5.91 Å². The van der Waals surface area contributed by atoms with Crippen LogP contribution in [0.15, 0.2) is 6.20 Å². The smallest absolute Gasteiger partial charge is 0.271 e.